The van der Waals surface area contributed by atoms with Gasteiger partial charge >= 0.3 is 10.2 Å². The average molecular weight is 468 g/mol. The standard InChI is InChI=1S/C21H21N7O4S/c1-28(2)33(30,31)27-17-5-3-4-14(10-17)13-32-19-11-16(7-6-15(19)12-22)25-21-24-9-8-18(26-21)20(23)29/h3-11,27H,13H2,1-2H3,(H2,23,29)(H,24,25,26). The summed E-state index contributed by atoms with van der Waals surface area (Å²) >= 11 is 0. The van der Waals surface area contributed by atoms with Gasteiger partial charge in [0.25, 0.3) is 5.91 Å². The van der Waals surface area contributed by atoms with Crippen LogP contribution in [0.25, 0.3) is 0 Å². The van der Waals surface area contributed by atoms with Crippen LogP contribution in [-0.4, -0.2) is 42.7 Å². The molecule has 3 rings (SSSR count). The molecule has 0 radical (unpaired) electrons. The molecule has 1 heterocycles. The van der Waals surface area contributed by atoms with E-state index in [-0.39, 0.29) is 18.2 Å². The number of carbonyl (C=O) groups is 1. The Morgan fingerprint density at radius 1 is 1.18 bits per heavy atom. The van der Waals surface area contributed by atoms with Gasteiger partial charge in [-0.1, -0.05) is 12.1 Å². The molecule has 1 aromatic heterocycles. The molecular weight excluding hydrogens is 446 g/mol. The lowest BCUT2D eigenvalue weighted by molar-refractivity contribution is 0.0995. The maximum Gasteiger partial charge on any atom is 0.301 e. The van der Waals surface area contributed by atoms with Crippen molar-refractivity contribution in [2.75, 3.05) is 24.1 Å². The molecule has 1 amide bonds. The molecule has 0 aliphatic carbocycles. The first-order chi connectivity index (χ1) is 15.7. The SMILES string of the molecule is CN(C)S(=O)(=O)Nc1cccc(COc2cc(Nc3nccc(C(N)=O)n3)ccc2C#N)c1. The average Bonchev–Trinajstić information content (AvgIpc) is 2.78. The zero-order chi connectivity index (χ0) is 24.0. The van der Waals surface area contributed by atoms with Crippen LogP contribution in [0.2, 0.25) is 0 Å². The zero-order valence-electron chi connectivity index (χ0n) is 17.8. The molecule has 12 heteroatoms. The fourth-order valence-electron chi connectivity index (χ4n) is 2.62. The Morgan fingerprint density at radius 2 is 1.97 bits per heavy atom. The van der Waals surface area contributed by atoms with Crippen molar-refractivity contribution in [3.05, 3.63) is 71.5 Å². The summed E-state index contributed by atoms with van der Waals surface area (Å²) in [5, 5.41) is 12.3. The second-order valence-electron chi connectivity index (χ2n) is 6.96. The van der Waals surface area contributed by atoms with Gasteiger partial charge in [0, 0.05) is 32.0 Å². The number of carbonyl (C=O) groups excluding carboxylic acids is 1. The van der Waals surface area contributed by atoms with Gasteiger partial charge in [0.15, 0.2) is 0 Å². The van der Waals surface area contributed by atoms with Crippen molar-refractivity contribution in [2.24, 2.45) is 5.73 Å². The number of rotatable bonds is 9. The summed E-state index contributed by atoms with van der Waals surface area (Å²) in [6, 6.07) is 15.0. The van der Waals surface area contributed by atoms with Gasteiger partial charge in [0.2, 0.25) is 5.95 Å². The normalized spacial score (nSPS) is 11.0. The topological polar surface area (TPSA) is 163 Å². The van der Waals surface area contributed by atoms with Crippen LogP contribution in [0.1, 0.15) is 21.6 Å². The van der Waals surface area contributed by atoms with E-state index < -0.39 is 16.1 Å². The number of nitrogens with two attached hydrogens (primary N) is 1. The number of nitrogens with one attached hydrogen (secondary N) is 2. The molecule has 0 saturated heterocycles. The lowest BCUT2D eigenvalue weighted by atomic mass is 10.2. The minimum Gasteiger partial charge on any atom is -0.487 e. The van der Waals surface area contributed by atoms with Gasteiger partial charge in [-0.05, 0) is 35.9 Å². The Morgan fingerprint density at radius 3 is 2.67 bits per heavy atom. The summed E-state index contributed by atoms with van der Waals surface area (Å²) in [6.07, 6.45) is 1.40. The van der Waals surface area contributed by atoms with E-state index >= 15 is 0 Å². The number of hydrogen-bond acceptors (Lipinski definition) is 8. The molecule has 11 nitrogen and oxygen atoms in total. The van der Waals surface area contributed by atoms with Gasteiger partial charge in [-0.25, -0.2) is 9.97 Å². The summed E-state index contributed by atoms with van der Waals surface area (Å²) in [5.74, 6) is -0.227. The van der Waals surface area contributed by atoms with E-state index in [4.69, 9.17) is 10.5 Å². The van der Waals surface area contributed by atoms with E-state index in [1.807, 2.05) is 0 Å². The van der Waals surface area contributed by atoms with Gasteiger partial charge < -0.3 is 15.8 Å². The van der Waals surface area contributed by atoms with E-state index in [9.17, 15) is 18.5 Å². The molecule has 0 bridgehead atoms. The molecule has 0 atom stereocenters. The van der Waals surface area contributed by atoms with Gasteiger partial charge in [-0.15, -0.1) is 0 Å². The molecule has 2 aromatic carbocycles. The molecule has 0 fully saturated rings. The first kappa shape index (κ1) is 23.5. The predicted octanol–water partition coefficient (Wildman–Crippen LogP) is 1.99. The lowest BCUT2D eigenvalue weighted by Gasteiger charge is -2.14. The predicted molar refractivity (Wildman–Crippen MR) is 122 cm³/mol. The number of amides is 1. The van der Waals surface area contributed by atoms with Crippen molar-refractivity contribution in [1.82, 2.24) is 14.3 Å². The summed E-state index contributed by atoms with van der Waals surface area (Å²) in [6.45, 7) is 0.0866. The van der Waals surface area contributed by atoms with Crippen molar-refractivity contribution in [3.8, 4) is 11.8 Å². The van der Waals surface area contributed by atoms with Gasteiger partial charge in [0.1, 0.15) is 24.1 Å². The van der Waals surface area contributed by atoms with Crippen LogP contribution in [0.15, 0.2) is 54.7 Å². The van der Waals surface area contributed by atoms with E-state index in [0.717, 1.165) is 4.31 Å². The van der Waals surface area contributed by atoms with E-state index in [1.165, 1.54) is 26.4 Å². The summed E-state index contributed by atoms with van der Waals surface area (Å²) in [4.78, 5) is 19.4. The van der Waals surface area contributed by atoms with Crippen LogP contribution in [0.5, 0.6) is 5.75 Å². The molecule has 4 N–H and O–H groups in total. The smallest absolute Gasteiger partial charge is 0.301 e. The molecule has 170 valence electrons. The quantitative estimate of drug-likeness (QED) is 0.430. The molecule has 0 aliphatic rings. The van der Waals surface area contributed by atoms with Gasteiger partial charge in [-0.3, -0.25) is 9.52 Å². The number of nitrogens with zero attached hydrogens (tertiary/aromatic N) is 4. The molecular formula is C21H21N7O4S. The van der Waals surface area contributed by atoms with Crippen LogP contribution < -0.4 is 20.5 Å². The third kappa shape index (κ3) is 6.16. The highest BCUT2D eigenvalue weighted by Gasteiger charge is 2.13. The minimum absolute atomic E-state index is 0.0578. The molecule has 33 heavy (non-hydrogen) atoms. The monoisotopic (exact) mass is 467 g/mol. The van der Waals surface area contributed by atoms with Crippen LogP contribution in [-0.2, 0) is 16.8 Å². The van der Waals surface area contributed by atoms with Crippen molar-refractivity contribution >= 4 is 33.4 Å². The zero-order valence-corrected chi connectivity index (χ0v) is 18.6. The largest absolute Gasteiger partial charge is 0.487 e. The fraction of sp³-hybridized carbons (Fsp3) is 0.143. The Labute approximate surface area is 191 Å². The first-order valence-corrected chi connectivity index (χ1v) is 11.0. The maximum atomic E-state index is 12.0. The highest BCUT2D eigenvalue weighted by molar-refractivity contribution is 7.90. The summed E-state index contributed by atoms with van der Waals surface area (Å²) in [5.41, 5.74) is 7.20. The number of primary amides is 1. The highest BCUT2D eigenvalue weighted by atomic mass is 32.2. The van der Waals surface area contributed by atoms with Crippen molar-refractivity contribution in [3.63, 3.8) is 0 Å². The van der Waals surface area contributed by atoms with E-state index in [1.54, 1.807) is 42.5 Å². The number of nitriles is 1. The van der Waals surface area contributed by atoms with Gasteiger partial charge in [0.05, 0.1) is 11.3 Å². The van der Waals surface area contributed by atoms with Crippen molar-refractivity contribution in [2.45, 2.75) is 6.61 Å². The Kier molecular flexibility index (Phi) is 7.07. The second kappa shape index (κ2) is 9.94. The minimum atomic E-state index is -3.64. The van der Waals surface area contributed by atoms with E-state index in [0.29, 0.717) is 28.3 Å². The van der Waals surface area contributed by atoms with Crippen molar-refractivity contribution in [1.29, 1.82) is 5.26 Å². The van der Waals surface area contributed by atoms with Crippen LogP contribution in [0.3, 0.4) is 0 Å². The van der Waals surface area contributed by atoms with Gasteiger partial charge in [-0.2, -0.15) is 18.0 Å². The lowest BCUT2D eigenvalue weighted by Crippen LogP contribution is -2.28. The molecule has 0 unspecified atom stereocenters. The Hall–Kier alpha value is -4.21. The second-order valence-corrected chi connectivity index (χ2v) is 8.84. The number of ether oxygens (including phenoxy) is 1. The number of anilines is 3. The van der Waals surface area contributed by atoms with Crippen molar-refractivity contribution < 1.29 is 17.9 Å². The third-order valence-corrected chi connectivity index (χ3v) is 5.77. The molecule has 3 aromatic rings. The summed E-state index contributed by atoms with van der Waals surface area (Å²) in [7, 11) is -0.788. The summed E-state index contributed by atoms with van der Waals surface area (Å²) < 4.78 is 33.4. The Balaban J connectivity index is 1.76. The molecule has 0 spiro atoms. The first-order valence-electron chi connectivity index (χ1n) is 9.54. The maximum absolute atomic E-state index is 12.0. The number of aromatic nitrogens is 2. The van der Waals surface area contributed by atoms with E-state index in [2.05, 4.69) is 26.1 Å². The fourth-order valence-corrected chi connectivity index (χ4v) is 3.23. The third-order valence-electron chi connectivity index (χ3n) is 4.32. The number of benzene rings is 2. The van der Waals surface area contributed by atoms with Crippen LogP contribution in [0, 0.1) is 11.3 Å². The van der Waals surface area contributed by atoms with Crippen LogP contribution >= 0.6 is 0 Å². The molecule has 0 aliphatic heterocycles. The highest BCUT2D eigenvalue weighted by Crippen LogP contribution is 2.26. The van der Waals surface area contributed by atoms with Crippen LogP contribution in [0.4, 0.5) is 17.3 Å². The Bertz CT molecular complexity index is 1320. The molecule has 0 saturated carbocycles. The number of hydrogen-bond donors (Lipinski definition) is 3.